The molecule has 1 aliphatic carbocycles. The average molecular weight is 495 g/mol. The molecule has 2 aromatic heterocycles. The van der Waals surface area contributed by atoms with Gasteiger partial charge < -0.3 is 10.1 Å². The number of anilines is 1. The van der Waals surface area contributed by atoms with Crippen LogP contribution in [0.15, 0.2) is 52.9 Å². The highest BCUT2D eigenvalue weighted by Gasteiger charge is 2.31. The van der Waals surface area contributed by atoms with Crippen molar-refractivity contribution in [3.05, 3.63) is 63.4 Å². The van der Waals surface area contributed by atoms with Gasteiger partial charge in [0.05, 0.1) is 12.7 Å². The van der Waals surface area contributed by atoms with E-state index in [-0.39, 0.29) is 15.8 Å². The van der Waals surface area contributed by atoms with E-state index in [2.05, 4.69) is 15.1 Å². The Morgan fingerprint density at radius 3 is 2.81 bits per heavy atom. The predicted molar refractivity (Wildman–Crippen MR) is 119 cm³/mol. The van der Waals surface area contributed by atoms with Crippen LogP contribution in [0.25, 0.3) is 0 Å². The third kappa shape index (κ3) is 5.54. The van der Waals surface area contributed by atoms with E-state index in [4.69, 9.17) is 16.3 Å². The zero-order valence-electron chi connectivity index (χ0n) is 16.7. The van der Waals surface area contributed by atoms with Crippen molar-refractivity contribution in [1.29, 1.82) is 0 Å². The van der Waals surface area contributed by atoms with E-state index < -0.39 is 28.5 Å². The highest BCUT2D eigenvalue weighted by atomic mass is 35.5. The molecule has 1 fully saturated rings. The lowest BCUT2D eigenvalue weighted by Gasteiger charge is -2.10. The Bertz CT molecular complexity index is 1250. The Kier molecular flexibility index (Phi) is 6.60. The number of thiophene rings is 1. The van der Waals surface area contributed by atoms with Gasteiger partial charge in [0, 0.05) is 17.1 Å². The summed E-state index contributed by atoms with van der Waals surface area (Å²) >= 11 is 6.94. The molecule has 0 bridgehead atoms. The molecule has 2 heterocycles. The molecule has 9 nitrogen and oxygen atoms in total. The minimum atomic E-state index is -3.81. The number of esters is 1. The molecule has 0 unspecified atom stereocenters. The Labute approximate surface area is 193 Å². The van der Waals surface area contributed by atoms with Crippen molar-refractivity contribution in [2.45, 2.75) is 30.3 Å². The zero-order valence-corrected chi connectivity index (χ0v) is 19.0. The van der Waals surface area contributed by atoms with Crippen molar-refractivity contribution in [2.75, 3.05) is 11.9 Å². The lowest BCUT2D eigenvalue weighted by Crippen LogP contribution is -2.27. The molecule has 12 heteroatoms. The van der Waals surface area contributed by atoms with Gasteiger partial charge in [-0.3, -0.25) is 4.79 Å². The molecule has 4 rings (SSSR count). The Hall–Kier alpha value is -2.73. The van der Waals surface area contributed by atoms with Gasteiger partial charge in [0.2, 0.25) is 10.0 Å². The molecule has 1 aliphatic rings. The summed E-state index contributed by atoms with van der Waals surface area (Å²) < 4.78 is 34.0. The normalized spacial score (nSPS) is 13.7. The summed E-state index contributed by atoms with van der Waals surface area (Å²) in [6.45, 7) is -0.192. The van der Waals surface area contributed by atoms with Crippen LogP contribution in [0, 0.1) is 0 Å². The number of carbonyl (C=O) groups is 2. The van der Waals surface area contributed by atoms with E-state index in [1.807, 2.05) is 12.1 Å². The third-order valence-corrected chi connectivity index (χ3v) is 7.36. The van der Waals surface area contributed by atoms with Crippen LogP contribution in [0.4, 0.5) is 5.82 Å². The summed E-state index contributed by atoms with van der Waals surface area (Å²) in [5.74, 6) is -1.04. The lowest BCUT2D eigenvalue weighted by atomic mass is 10.2. The topological polar surface area (TPSA) is 119 Å². The number of aromatic nitrogens is 2. The highest BCUT2D eigenvalue weighted by Crippen LogP contribution is 2.27. The van der Waals surface area contributed by atoms with Crippen molar-refractivity contribution in [3.63, 3.8) is 0 Å². The van der Waals surface area contributed by atoms with Gasteiger partial charge in [-0.25, -0.2) is 22.6 Å². The maximum Gasteiger partial charge on any atom is 0.350 e. The van der Waals surface area contributed by atoms with Gasteiger partial charge in [-0.05, 0) is 42.0 Å². The fraction of sp³-hybridized carbons (Fsp3) is 0.250. The molecule has 0 radical (unpaired) electrons. The molecule has 0 spiro atoms. The first-order valence-electron chi connectivity index (χ1n) is 9.65. The van der Waals surface area contributed by atoms with Crippen LogP contribution in [0.2, 0.25) is 5.02 Å². The van der Waals surface area contributed by atoms with Crippen LogP contribution in [-0.2, 0) is 26.1 Å². The number of ether oxygens (including phenoxy) is 1. The van der Waals surface area contributed by atoms with Crippen LogP contribution >= 0.6 is 22.9 Å². The van der Waals surface area contributed by atoms with Gasteiger partial charge >= 0.3 is 5.97 Å². The number of nitrogens with one attached hydrogen (secondary N) is 2. The monoisotopic (exact) mass is 494 g/mol. The number of amides is 1. The SMILES string of the molecule is O=C(COC(=O)c1sccc1S(=O)(=O)NC1CC1)Nc1ccnn1Cc1cccc(Cl)c1. The predicted octanol–water partition coefficient (Wildman–Crippen LogP) is 2.88. The summed E-state index contributed by atoms with van der Waals surface area (Å²) in [7, 11) is -3.81. The van der Waals surface area contributed by atoms with Gasteiger partial charge in [-0.15, -0.1) is 11.3 Å². The number of sulfonamides is 1. The second-order valence-electron chi connectivity index (χ2n) is 7.14. The maximum absolute atomic E-state index is 12.4. The average Bonchev–Trinajstić information content (AvgIpc) is 3.22. The quantitative estimate of drug-likeness (QED) is 0.441. The van der Waals surface area contributed by atoms with E-state index in [0.29, 0.717) is 17.4 Å². The highest BCUT2D eigenvalue weighted by molar-refractivity contribution is 7.89. The third-order valence-electron chi connectivity index (χ3n) is 4.54. The molecule has 1 aromatic carbocycles. The second-order valence-corrected chi connectivity index (χ2v) is 10.2. The van der Waals surface area contributed by atoms with Gasteiger partial charge in [-0.2, -0.15) is 5.10 Å². The lowest BCUT2D eigenvalue weighted by molar-refractivity contribution is -0.119. The van der Waals surface area contributed by atoms with Crippen molar-refractivity contribution >= 4 is 50.7 Å². The first-order valence-corrected chi connectivity index (χ1v) is 12.4. The summed E-state index contributed by atoms with van der Waals surface area (Å²) in [6, 6.07) is 10.1. The summed E-state index contributed by atoms with van der Waals surface area (Å²) in [5.41, 5.74) is 0.898. The molecule has 32 heavy (non-hydrogen) atoms. The van der Waals surface area contributed by atoms with Crippen molar-refractivity contribution < 1.29 is 22.7 Å². The number of benzene rings is 1. The summed E-state index contributed by atoms with van der Waals surface area (Å²) in [4.78, 5) is 24.5. The largest absolute Gasteiger partial charge is 0.451 e. The zero-order chi connectivity index (χ0) is 22.7. The number of nitrogens with zero attached hydrogens (tertiary/aromatic N) is 2. The Morgan fingerprint density at radius 1 is 1.25 bits per heavy atom. The van der Waals surface area contributed by atoms with Crippen LogP contribution in [-0.4, -0.2) is 42.7 Å². The molecule has 0 atom stereocenters. The number of carbonyl (C=O) groups excluding carboxylic acids is 2. The number of rotatable bonds is 9. The van der Waals surface area contributed by atoms with Crippen LogP contribution in [0.1, 0.15) is 28.1 Å². The molecule has 0 aliphatic heterocycles. The molecule has 1 saturated carbocycles. The molecule has 168 valence electrons. The summed E-state index contributed by atoms with van der Waals surface area (Å²) in [6.07, 6.45) is 3.08. The molecular formula is C20H19ClN4O5S2. The van der Waals surface area contributed by atoms with Crippen LogP contribution < -0.4 is 10.0 Å². The fourth-order valence-electron chi connectivity index (χ4n) is 2.89. The minimum absolute atomic E-state index is 0.0723. The van der Waals surface area contributed by atoms with Crippen molar-refractivity contribution in [2.24, 2.45) is 0 Å². The Morgan fingerprint density at radius 2 is 2.06 bits per heavy atom. The maximum atomic E-state index is 12.4. The minimum Gasteiger partial charge on any atom is -0.451 e. The number of hydrogen-bond donors (Lipinski definition) is 2. The number of halogens is 1. The molecule has 2 N–H and O–H groups in total. The van der Waals surface area contributed by atoms with Gasteiger partial charge in [0.1, 0.15) is 15.6 Å². The van der Waals surface area contributed by atoms with E-state index in [1.165, 1.54) is 17.6 Å². The molecular weight excluding hydrogens is 476 g/mol. The molecule has 0 saturated heterocycles. The van der Waals surface area contributed by atoms with Gasteiger partial charge in [0.15, 0.2) is 6.61 Å². The van der Waals surface area contributed by atoms with E-state index >= 15 is 0 Å². The summed E-state index contributed by atoms with van der Waals surface area (Å²) in [5, 5.41) is 8.89. The van der Waals surface area contributed by atoms with Crippen LogP contribution in [0.3, 0.4) is 0 Å². The van der Waals surface area contributed by atoms with E-state index in [1.54, 1.807) is 22.9 Å². The Balaban J connectivity index is 1.35. The first kappa shape index (κ1) is 22.5. The van der Waals surface area contributed by atoms with Crippen molar-refractivity contribution in [1.82, 2.24) is 14.5 Å². The number of hydrogen-bond acceptors (Lipinski definition) is 7. The van der Waals surface area contributed by atoms with Crippen molar-refractivity contribution in [3.8, 4) is 0 Å². The first-order chi connectivity index (χ1) is 15.3. The second kappa shape index (κ2) is 9.41. The van der Waals surface area contributed by atoms with Gasteiger partial charge in [-0.1, -0.05) is 23.7 Å². The van der Waals surface area contributed by atoms with Crippen LogP contribution in [0.5, 0.6) is 0 Å². The van der Waals surface area contributed by atoms with Gasteiger partial charge in [0.25, 0.3) is 5.91 Å². The van der Waals surface area contributed by atoms with E-state index in [0.717, 1.165) is 29.7 Å². The smallest absolute Gasteiger partial charge is 0.350 e. The molecule has 3 aromatic rings. The standard InChI is InChI=1S/C20H19ClN4O5S2/c21-14-3-1-2-13(10-14)11-25-17(6-8-22-25)23-18(26)12-30-20(27)19-16(7-9-31-19)32(28,29)24-15-4-5-15/h1-3,6-10,15,24H,4-5,11-12H2,(H,23,26). The fourth-order valence-corrected chi connectivity index (χ4v) is 5.72. The molecule has 1 amide bonds. The van der Waals surface area contributed by atoms with E-state index in [9.17, 15) is 18.0 Å².